The van der Waals surface area contributed by atoms with Crippen LogP contribution in [0.25, 0.3) is 0 Å². The van der Waals surface area contributed by atoms with Crippen molar-refractivity contribution in [2.24, 2.45) is 5.92 Å². The van der Waals surface area contributed by atoms with Gasteiger partial charge in [-0.2, -0.15) is 0 Å². The van der Waals surface area contributed by atoms with Gasteiger partial charge in [-0.15, -0.1) is 0 Å². The first kappa shape index (κ1) is 9.25. The maximum absolute atomic E-state index is 11.5. The van der Waals surface area contributed by atoms with Crippen LogP contribution in [-0.4, -0.2) is 16.8 Å². The van der Waals surface area contributed by atoms with E-state index in [0.717, 1.165) is 6.54 Å². The summed E-state index contributed by atoms with van der Waals surface area (Å²) in [6.45, 7) is 4.86. The fourth-order valence-electron chi connectivity index (χ4n) is 1.86. The number of carbonyl (C=O) groups excluding carboxylic acids is 1. The van der Waals surface area contributed by atoms with E-state index in [0.29, 0.717) is 6.04 Å². The van der Waals surface area contributed by atoms with Gasteiger partial charge >= 0.3 is 0 Å². The minimum Gasteiger partial charge on any atom is -0.335 e. The minimum absolute atomic E-state index is 0.207. The highest BCUT2D eigenvalue weighted by atomic mass is 16.2. The number of amides is 1. The largest absolute Gasteiger partial charge is 0.335 e. The lowest BCUT2D eigenvalue weighted by atomic mass is 9.90. The molecule has 1 saturated heterocycles. The number of nitrogens with zero attached hydrogens (tertiary/aromatic N) is 1. The number of β-lactam (4-membered cyclic amide) rings is 1. The molecule has 1 fully saturated rings. The standard InChI is InChI=1S/C12H15NO/c1-9-10(2)13(12(9)14)8-11-6-4-3-5-7-11/h3-7,9-10H,8H2,1-2H3/t9-,10+/m0/s1. The fraction of sp³-hybridized carbons (Fsp3) is 0.417. The Bertz CT molecular complexity index is 333. The summed E-state index contributed by atoms with van der Waals surface area (Å²) in [6.07, 6.45) is 0. The van der Waals surface area contributed by atoms with Crippen LogP contribution in [0.4, 0.5) is 0 Å². The van der Waals surface area contributed by atoms with Gasteiger partial charge < -0.3 is 4.90 Å². The molecule has 2 nitrogen and oxygen atoms in total. The molecular weight excluding hydrogens is 174 g/mol. The highest BCUT2D eigenvalue weighted by Gasteiger charge is 2.40. The number of hydrogen-bond donors (Lipinski definition) is 0. The maximum Gasteiger partial charge on any atom is 0.228 e. The molecule has 0 radical (unpaired) electrons. The number of rotatable bonds is 2. The van der Waals surface area contributed by atoms with Crippen molar-refractivity contribution in [3.63, 3.8) is 0 Å². The van der Waals surface area contributed by atoms with Crippen LogP contribution in [0.1, 0.15) is 19.4 Å². The molecule has 1 aliphatic rings. The molecule has 1 heterocycles. The van der Waals surface area contributed by atoms with Gasteiger partial charge in [0.25, 0.3) is 0 Å². The van der Waals surface area contributed by atoms with E-state index < -0.39 is 0 Å². The highest BCUT2D eigenvalue weighted by molar-refractivity contribution is 5.85. The SMILES string of the molecule is C[C@@H]1C(=O)N(Cc2ccccc2)[C@@H]1C. The van der Waals surface area contributed by atoms with E-state index in [4.69, 9.17) is 0 Å². The number of benzene rings is 1. The highest BCUT2D eigenvalue weighted by Crippen LogP contribution is 2.27. The average molecular weight is 189 g/mol. The van der Waals surface area contributed by atoms with E-state index in [9.17, 15) is 4.79 Å². The quantitative estimate of drug-likeness (QED) is 0.652. The second-order valence-electron chi connectivity index (χ2n) is 3.98. The Morgan fingerprint density at radius 1 is 1.21 bits per heavy atom. The number of likely N-dealkylation sites (tertiary alicyclic amines) is 1. The van der Waals surface area contributed by atoms with Gasteiger partial charge in [0, 0.05) is 12.6 Å². The van der Waals surface area contributed by atoms with Crippen LogP contribution in [0.15, 0.2) is 30.3 Å². The zero-order valence-electron chi connectivity index (χ0n) is 8.60. The molecule has 2 heteroatoms. The van der Waals surface area contributed by atoms with E-state index >= 15 is 0 Å². The molecule has 1 aliphatic heterocycles. The summed E-state index contributed by atoms with van der Waals surface area (Å²) in [5.74, 6) is 0.486. The summed E-state index contributed by atoms with van der Waals surface area (Å²) in [4.78, 5) is 13.4. The van der Waals surface area contributed by atoms with Crippen LogP contribution >= 0.6 is 0 Å². The van der Waals surface area contributed by atoms with E-state index in [1.165, 1.54) is 5.56 Å². The van der Waals surface area contributed by atoms with Gasteiger partial charge in [-0.05, 0) is 12.5 Å². The Morgan fingerprint density at radius 3 is 2.43 bits per heavy atom. The molecule has 1 amide bonds. The van der Waals surface area contributed by atoms with Crippen LogP contribution in [0, 0.1) is 5.92 Å². The van der Waals surface area contributed by atoms with Crippen molar-refractivity contribution >= 4 is 5.91 Å². The van der Waals surface area contributed by atoms with E-state index in [2.05, 4.69) is 19.1 Å². The smallest absolute Gasteiger partial charge is 0.228 e. The first-order chi connectivity index (χ1) is 6.70. The van der Waals surface area contributed by atoms with Crippen molar-refractivity contribution in [3.05, 3.63) is 35.9 Å². The molecule has 14 heavy (non-hydrogen) atoms. The molecule has 0 aliphatic carbocycles. The van der Waals surface area contributed by atoms with Gasteiger partial charge in [0.05, 0.1) is 5.92 Å². The van der Waals surface area contributed by atoms with Crippen LogP contribution in [0.3, 0.4) is 0 Å². The zero-order valence-corrected chi connectivity index (χ0v) is 8.60. The van der Waals surface area contributed by atoms with Gasteiger partial charge in [-0.25, -0.2) is 0 Å². The molecule has 1 aromatic rings. The van der Waals surface area contributed by atoms with Crippen LogP contribution in [-0.2, 0) is 11.3 Å². The van der Waals surface area contributed by atoms with Crippen molar-refractivity contribution in [1.82, 2.24) is 4.90 Å². The monoisotopic (exact) mass is 189 g/mol. The lowest BCUT2D eigenvalue weighted by Crippen LogP contribution is -2.57. The summed E-state index contributed by atoms with van der Waals surface area (Å²) in [5.41, 5.74) is 1.21. The van der Waals surface area contributed by atoms with Gasteiger partial charge in [0.2, 0.25) is 5.91 Å². The van der Waals surface area contributed by atoms with Crippen molar-refractivity contribution in [1.29, 1.82) is 0 Å². The molecule has 0 N–H and O–H groups in total. The normalized spacial score (nSPS) is 26.1. The third-order valence-corrected chi connectivity index (χ3v) is 3.08. The fourth-order valence-corrected chi connectivity index (χ4v) is 1.86. The molecule has 1 aromatic carbocycles. The summed E-state index contributed by atoms with van der Waals surface area (Å²) < 4.78 is 0. The molecule has 0 saturated carbocycles. The zero-order chi connectivity index (χ0) is 10.1. The Labute approximate surface area is 84.5 Å². The molecule has 0 unspecified atom stereocenters. The molecule has 0 aromatic heterocycles. The Hall–Kier alpha value is -1.31. The third kappa shape index (κ3) is 1.41. The van der Waals surface area contributed by atoms with E-state index in [1.807, 2.05) is 30.0 Å². The Kier molecular flexibility index (Phi) is 2.28. The minimum atomic E-state index is 0.207. The molecule has 74 valence electrons. The predicted molar refractivity (Wildman–Crippen MR) is 55.6 cm³/mol. The number of hydrogen-bond acceptors (Lipinski definition) is 1. The maximum atomic E-state index is 11.5. The van der Waals surface area contributed by atoms with Crippen LogP contribution in [0.5, 0.6) is 0 Å². The predicted octanol–water partition coefficient (Wildman–Crippen LogP) is 2.05. The van der Waals surface area contributed by atoms with Crippen molar-refractivity contribution in [2.75, 3.05) is 0 Å². The molecule has 0 bridgehead atoms. The second-order valence-corrected chi connectivity index (χ2v) is 3.98. The lowest BCUT2D eigenvalue weighted by molar-refractivity contribution is -0.154. The van der Waals surface area contributed by atoms with Gasteiger partial charge in [0.1, 0.15) is 0 Å². The Balaban J connectivity index is 2.03. The van der Waals surface area contributed by atoms with Crippen molar-refractivity contribution < 1.29 is 4.79 Å². The Morgan fingerprint density at radius 2 is 1.86 bits per heavy atom. The molecular formula is C12H15NO. The molecule has 2 atom stereocenters. The second kappa shape index (κ2) is 3.45. The molecule has 0 spiro atoms. The molecule has 2 rings (SSSR count). The van der Waals surface area contributed by atoms with Gasteiger partial charge in [-0.3, -0.25) is 4.79 Å². The first-order valence-electron chi connectivity index (χ1n) is 5.04. The summed E-state index contributed by atoms with van der Waals surface area (Å²) >= 11 is 0. The van der Waals surface area contributed by atoms with Crippen molar-refractivity contribution in [2.45, 2.75) is 26.4 Å². The van der Waals surface area contributed by atoms with Crippen LogP contribution < -0.4 is 0 Å². The topological polar surface area (TPSA) is 20.3 Å². The number of carbonyl (C=O) groups is 1. The average Bonchev–Trinajstić information content (AvgIpc) is 2.26. The van der Waals surface area contributed by atoms with E-state index in [1.54, 1.807) is 0 Å². The van der Waals surface area contributed by atoms with Crippen molar-refractivity contribution in [3.8, 4) is 0 Å². The third-order valence-electron chi connectivity index (χ3n) is 3.08. The first-order valence-corrected chi connectivity index (χ1v) is 5.04. The lowest BCUT2D eigenvalue weighted by Gasteiger charge is -2.44. The summed E-state index contributed by atoms with van der Waals surface area (Å²) in [7, 11) is 0. The van der Waals surface area contributed by atoms with Gasteiger partial charge in [-0.1, -0.05) is 37.3 Å². The summed E-state index contributed by atoms with van der Waals surface area (Å²) in [5, 5.41) is 0. The summed E-state index contributed by atoms with van der Waals surface area (Å²) in [6, 6.07) is 10.5. The van der Waals surface area contributed by atoms with E-state index in [-0.39, 0.29) is 11.8 Å². The van der Waals surface area contributed by atoms with Gasteiger partial charge in [0.15, 0.2) is 0 Å². The van der Waals surface area contributed by atoms with Crippen LogP contribution in [0.2, 0.25) is 0 Å².